The summed E-state index contributed by atoms with van der Waals surface area (Å²) < 4.78 is 20.6. The van der Waals surface area contributed by atoms with E-state index in [0.717, 1.165) is 0 Å². The normalized spacial score (nSPS) is 17.1. The molecule has 0 unspecified atom stereocenters. The van der Waals surface area contributed by atoms with Crippen LogP contribution in [0.15, 0.2) is 6.07 Å². The number of ether oxygens (including phenoxy) is 4. The number of aliphatic hydroxyl groups excluding tert-OH is 1. The minimum Gasteiger partial charge on any atom is -0.493 e. The summed E-state index contributed by atoms with van der Waals surface area (Å²) in [6.45, 7) is -0.294. The Morgan fingerprint density at radius 2 is 1.89 bits per heavy atom. The first-order chi connectivity index (χ1) is 8.67. The molecule has 98 valence electrons. The molecule has 0 bridgehead atoms. The van der Waals surface area contributed by atoms with E-state index in [2.05, 4.69) is 0 Å². The van der Waals surface area contributed by atoms with Gasteiger partial charge in [-0.25, -0.2) is 4.79 Å². The average Bonchev–Trinajstić information content (AvgIpc) is 2.72. The molecule has 6 heteroatoms. The third-order valence-corrected chi connectivity index (χ3v) is 2.83. The Labute approximate surface area is 104 Å². The number of hydrogen-bond donors (Lipinski definition) is 1. The molecule has 0 saturated heterocycles. The first kappa shape index (κ1) is 12.5. The quantitative estimate of drug-likeness (QED) is 0.805. The third-order valence-electron chi connectivity index (χ3n) is 2.83. The molecule has 0 spiro atoms. The number of benzene rings is 1. The monoisotopic (exact) mass is 254 g/mol. The SMILES string of the molecule is COc1cc2c(c(OC)c1OC)C(=O)O[C@H]2CO. The van der Waals surface area contributed by atoms with Crippen molar-refractivity contribution in [2.45, 2.75) is 6.10 Å². The molecular formula is C12H14O6. The fourth-order valence-electron chi connectivity index (χ4n) is 2.03. The van der Waals surface area contributed by atoms with E-state index in [-0.39, 0.29) is 17.9 Å². The van der Waals surface area contributed by atoms with Gasteiger partial charge in [0, 0.05) is 5.56 Å². The van der Waals surface area contributed by atoms with Crippen molar-refractivity contribution in [1.29, 1.82) is 0 Å². The predicted octanol–water partition coefficient (Wildman–Crippen LogP) is 0.916. The van der Waals surface area contributed by atoms with Gasteiger partial charge in [-0.15, -0.1) is 0 Å². The summed E-state index contributed by atoms with van der Waals surface area (Å²) in [4.78, 5) is 11.8. The van der Waals surface area contributed by atoms with E-state index in [1.54, 1.807) is 6.07 Å². The first-order valence-electron chi connectivity index (χ1n) is 5.32. The maximum atomic E-state index is 11.8. The second kappa shape index (κ2) is 4.73. The van der Waals surface area contributed by atoms with Crippen LogP contribution in [0.25, 0.3) is 0 Å². The van der Waals surface area contributed by atoms with Crippen LogP contribution in [-0.4, -0.2) is 39.0 Å². The van der Waals surface area contributed by atoms with E-state index in [9.17, 15) is 9.90 Å². The van der Waals surface area contributed by atoms with Crippen molar-refractivity contribution in [3.63, 3.8) is 0 Å². The van der Waals surface area contributed by atoms with Crippen molar-refractivity contribution >= 4 is 5.97 Å². The highest BCUT2D eigenvalue weighted by Crippen LogP contribution is 2.47. The van der Waals surface area contributed by atoms with Crippen molar-refractivity contribution in [2.75, 3.05) is 27.9 Å². The molecule has 1 heterocycles. The molecule has 2 rings (SSSR count). The van der Waals surface area contributed by atoms with Crippen LogP contribution in [0, 0.1) is 0 Å². The molecule has 0 aliphatic carbocycles. The molecule has 1 N–H and O–H groups in total. The van der Waals surface area contributed by atoms with Crippen LogP contribution in [0.1, 0.15) is 22.0 Å². The Hall–Kier alpha value is -1.95. The molecule has 1 aliphatic rings. The van der Waals surface area contributed by atoms with Crippen LogP contribution in [0.5, 0.6) is 17.2 Å². The Balaban J connectivity index is 2.70. The van der Waals surface area contributed by atoms with Crippen LogP contribution in [0.2, 0.25) is 0 Å². The van der Waals surface area contributed by atoms with Crippen LogP contribution in [0.4, 0.5) is 0 Å². The van der Waals surface area contributed by atoms with E-state index in [4.69, 9.17) is 18.9 Å². The highest BCUT2D eigenvalue weighted by atomic mass is 16.6. The minimum atomic E-state index is -0.693. The third kappa shape index (κ3) is 1.65. The molecule has 0 saturated carbocycles. The lowest BCUT2D eigenvalue weighted by atomic mass is 10.0. The lowest BCUT2D eigenvalue weighted by molar-refractivity contribution is 0.0234. The second-order valence-corrected chi connectivity index (χ2v) is 3.69. The van der Waals surface area contributed by atoms with Crippen LogP contribution < -0.4 is 14.2 Å². The van der Waals surface area contributed by atoms with Gasteiger partial charge in [0.25, 0.3) is 0 Å². The number of carbonyl (C=O) groups is 1. The van der Waals surface area contributed by atoms with E-state index >= 15 is 0 Å². The number of carbonyl (C=O) groups excluding carboxylic acids is 1. The van der Waals surface area contributed by atoms with Crippen molar-refractivity contribution in [3.8, 4) is 17.2 Å². The van der Waals surface area contributed by atoms with Crippen molar-refractivity contribution < 1.29 is 28.8 Å². The number of esters is 1. The molecule has 0 amide bonds. The number of fused-ring (bicyclic) bond motifs is 1. The van der Waals surface area contributed by atoms with E-state index < -0.39 is 12.1 Å². The minimum absolute atomic E-state index is 0.257. The number of hydrogen-bond acceptors (Lipinski definition) is 6. The van der Waals surface area contributed by atoms with Crippen molar-refractivity contribution in [2.24, 2.45) is 0 Å². The van der Waals surface area contributed by atoms with Gasteiger partial charge in [0.1, 0.15) is 5.56 Å². The molecule has 1 aromatic carbocycles. The topological polar surface area (TPSA) is 74.2 Å². The molecule has 6 nitrogen and oxygen atoms in total. The molecule has 1 aliphatic heterocycles. The van der Waals surface area contributed by atoms with Crippen molar-refractivity contribution in [3.05, 3.63) is 17.2 Å². The summed E-state index contributed by atoms with van der Waals surface area (Å²) in [6, 6.07) is 1.61. The van der Waals surface area contributed by atoms with Gasteiger partial charge < -0.3 is 24.1 Å². The average molecular weight is 254 g/mol. The van der Waals surface area contributed by atoms with E-state index in [1.165, 1.54) is 21.3 Å². The molecule has 1 atom stereocenters. The predicted molar refractivity (Wildman–Crippen MR) is 61.3 cm³/mol. The Morgan fingerprint density at radius 3 is 2.39 bits per heavy atom. The van der Waals surface area contributed by atoms with Gasteiger partial charge in [-0.1, -0.05) is 0 Å². The Kier molecular flexibility index (Phi) is 3.29. The van der Waals surface area contributed by atoms with E-state index in [1.807, 2.05) is 0 Å². The first-order valence-corrected chi connectivity index (χ1v) is 5.32. The zero-order valence-corrected chi connectivity index (χ0v) is 10.4. The zero-order valence-electron chi connectivity index (χ0n) is 10.4. The fraction of sp³-hybridized carbons (Fsp3) is 0.417. The summed E-state index contributed by atoms with van der Waals surface area (Å²) in [7, 11) is 4.36. The van der Waals surface area contributed by atoms with Gasteiger partial charge in [0.05, 0.1) is 27.9 Å². The largest absolute Gasteiger partial charge is 0.493 e. The lowest BCUT2D eigenvalue weighted by Crippen LogP contribution is -2.03. The second-order valence-electron chi connectivity index (χ2n) is 3.69. The molecule has 0 aromatic heterocycles. The van der Waals surface area contributed by atoms with Gasteiger partial charge >= 0.3 is 5.97 Å². The highest BCUT2D eigenvalue weighted by molar-refractivity contribution is 5.98. The zero-order chi connectivity index (χ0) is 13.3. The molecular weight excluding hydrogens is 240 g/mol. The Morgan fingerprint density at radius 1 is 1.22 bits per heavy atom. The standard InChI is InChI=1S/C12H14O6/c1-15-7-4-6-8(5-13)18-12(14)9(6)11(17-3)10(7)16-2/h4,8,13H,5H2,1-3H3/t8-/m0/s1. The van der Waals surface area contributed by atoms with Crippen LogP contribution >= 0.6 is 0 Å². The summed E-state index contributed by atoms with van der Waals surface area (Å²) in [5.74, 6) is 0.466. The van der Waals surface area contributed by atoms with Gasteiger partial charge in [-0.3, -0.25) is 0 Å². The van der Waals surface area contributed by atoms with Crippen molar-refractivity contribution in [1.82, 2.24) is 0 Å². The molecule has 0 radical (unpaired) electrons. The molecule has 18 heavy (non-hydrogen) atoms. The van der Waals surface area contributed by atoms with Crippen LogP contribution in [-0.2, 0) is 4.74 Å². The number of rotatable bonds is 4. The van der Waals surface area contributed by atoms with Gasteiger partial charge in [0.2, 0.25) is 5.75 Å². The number of cyclic esters (lactones) is 1. The Bertz CT molecular complexity index is 482. The molecule has 0 fully saturated rings. The number of aliphatic hydroxyl groups is 1. The van der Waals surface area contributed by atoms with Crippen LogP contribution in [0.3, 0.4) is 0 Å². The smallest absolute Gasteiger partial charge is 0.343 e. The summed E-state index contributed by atoms with van der Waals surface area (Å²) in [5.41, 5.74) is 0.811. The summed E-state index contributed by atoms with van der Waals surface area (Å²) >= 11 is 0. The maximum absolute atomic E-state index is 11.8. The lowest BCUT2D eigenvalue weighted by Gasteiger charge is -2.14. The van der Waals surface area contributed by atoms with E-state index in [0.29, 0.717) is 17.1 Å². The highest BCUT2D eigenvalue weighted by Gasteiger charge is 2.37. The van der Waals surface area contributed by atoms with Gasteiger partial charge in [-0.2, -0.15) is 0 Å². The number of methoxy groups -OCH3 is 3. The summed E-state index contributed by atoms with van der Waals surface area (Å²) in [6.07, 6.45) is -0.693. The maximum Gasteiger partial charge on any atom is 0.343 e. The van der Waals surface area contributed by atoms with Gasteiger partial charge in [0.15, 0.2) is 17.6 Å². The summed E-state index contributed by atoms with van der Waals surface area (Å²) in [5, 5.41) is 9.19. The molecule has 1 aromatic rings. The fourth-order valence-corrected chi connectivity index (χ4v) is 2.03. The van der Waals surface area contributed by atoms with Gasteiger partial charge in [-0.05, 0) is 6.07 Å².